The van der Waals surface area contributed by atoms with E-state index in [4.69, 9.17) is 9.26 Å². The number of nitrogens with one attached hydrogen (secondary N) is 1. The largest absolute Gasteiger partial charge is 0.489 e. The van der Waals surface area contributed by atoms with Gasteiger partial charge >= 0.3 is 0 Å². The molecule has 0 unspecified atom stereocenters. The van der Waals surface area contributed by atoms with Crippen LogP contribution in [0.25, 0.3) is 0 Å². The highest BCUT2D eigenvalue weighted by Gasteiger charge is 2.14. The van der Waals surface area contributed by atoms with E-state index in [0.29, 0.717) is 24.5 Å². The third-order valence-electron chi connectivity index (χ3n) is 6.11. The van der Waals surface area contributed by atoms with Gasteiger partial charge in [0, 0.05) is 44.8 Å². The number of benzene rings is 2. The maximum Gasteiger partial charge on any atom is 0.251 e. The number of hydrogen-bond donors (Lipinski definition) is 1. The van der Waals surface area contributed by atoms with Crippen LogP contribution >= 0.6 is 0 Å². The summed E-state index contributed by atoms with van der Waals surface area (Å²) in [5.41, 5.74) is 4.69. The van der Waals surface area contributed by atoms with E-state index in [1.54, 1.807) is 12.1 Å². The Morgan fingerprint density at radius 2 is 1.82 bits per heavy atom. The van der Waals surface area contributed by atoms with Gasteiger partial charge in [0.05, 0.1) is 11.3 Å². The van der Waals surface area contributed by atoms with Crippen molar-refractivity contribution in [1.29, 1.82) is 0 Å². The predicted octanol–water partition coefficient (Wildman–Crippen LogP) is 3.55. The molecule has 1 N–H and O–H groups in total. The van der Waals surface area contributed by atoms with E-state index in [1.807, 2.05) is 26.0 Å². The molecule has 0 saturated carbocycles. The molecule has 0 radical (unpaired) electrons. The molecule has 0 spiro atoms. The average Bonchev–Trinajstić information content (AvgIpc) is 3.15. The normalized spacial score (nSPS) is 14.9. The average molecular weight is 449 g/mol. The second-order valence-electron chi connectivity index (χ2n) is 8.70. The number of aryl methyl sites for hydroxylation is 2. The molecule has 1 aromatic heterocycles. The minimum absolute atomic E-state index is 0.123. The topological polar surface area (TPSA) is 70.8 Å². The van der Waals surface area contributed by atoms with Crippen molar-refractivity contribution in [2.24, 2.45) is 0 Å². The maximum absolute atomic E-state index is 12.7. The summed E-state index contributed by atoms with van der Waals surface area (Å²) in [6.07, 6.45) is 0. The first-order valence-electron chi connectivity index (χ1n) is 11.4. The minimum Gasteiger partial charge on any atom is -0.489 e. The van der Waals surface area contributed by atoms with Gasteiger partial charge in [0.1, 0.15) is 18.1 Å². The molecule has 7 heteroatoms. The Bertz CT molecular complexity index is 1070. The quantitative estimate of drug-likeness (QED) is 0.568. The lowest BCUT2D eigenvalue weighted by atomic mass is 10.1. The molecule has 174 valence electrons. The third kappa shape index (κ3) is 6.21. The first-order valence-corrected chi connectivity index (χ1v) is 11.4. The molecule has 1 aliphatic rings. The number of rotatable bonds is 8. The van der Waals surface area contributed by atoms with E-state index >= 15 is 0 Å². The van der Waals surface area contributed by atoms with E-state index in [-0.39, 0.29) is 5.91 Å². The van der Waals surface area contributed by atoms with Crippen LogP contribution in [-0.2, 0) is 19.7 Å². The van der Waals surface area contributed by atoms with Crippen LogP contribution in [0.4, 0.5) is 0 Å². The van der Waals surface area contributed by atoms with E-state index in [2.05, 4.69) is 51.6 Å². The van der Waals surface area contributed by atoms with Crippen LogP contribution in [0.15, 0.2) is 53.1 Å². The van der Waals surface area contributed by atoms with Crippen molar-refractivity contribution in [1.82, 2.24) is 20.3 Å². The molecule has 7 nitrogen and oxygen atoms in total. The fourth-order valence-corrected chi connectivity index (χ4v) is 3.98. The highest BCUT2D eigenvalue weighted by Crippen LogP contribution is 2.19. The number of hydrogen-bond acceptors (Lipinski definition) is 6. The fourth-order valence-electron chi connectivity index (χ4n) is 3.98. The molecular formula is C26H32N4O3. The monoisotopic (exact) mass is 448 g/mol. The van der Waals surface area contributed by atoms with Crippen molar-refractivity contribution >= 4 is 5.91 Å². The zero-order valence-corrected chi connectivity index (χ0v) is 19.6. The van der Waals surface area contributed by atoms with Crippen LogP contribution in [-0.4, -0.2) is 54.1 Å². The van der Waals surface area contributed by atoms with Crippen molar-refractivity contribution < 1.29 is 14.1 Å². The molecule has 4 rings (SSSR count). The van der Waals surface area contributed by atoms with Crippen LogP contribution in [0.2, 0.25) is 0 Å². The number of carbonyl (C=O) groups is 1. The molecule has 33 heavy (non-hydrogen) atoms. The fraction of sp³-hybridized carbons (Fsp3) is 0.385. The van der Waals surface area contributed by atoms with Crippen molar-refractivity contribution in [3.8, 4) is 5.75 Å². The van der Waals surface area contributed by atoms with Gasteiger partial charge in [-0.1, -0.05) is 35.5 Å². The summed E-state index contributed by atoms with van der Waals surface area (Å²) in [6.45, 7) is 9.93. The lowest BCUT2D eigenvalue weighted by Gasteiger charge is -2.32. The maximum atomic E-state index is 12.7. The van der Waals surface area contributed by atoms with Crippen molar-refractivity contribution in [3.05, 3.63) is 82.2 Å². The highest BCUT2D eigenvalue weighted by atomic mass is 16.5. The first-order chi connectivity index (χ1) is 16.0. The second-order valence-corrected chi connectivity index (χ2v) is 8.70. The lowest BCUT2D eigenvalue weighted by molar-refractivity contribution is 0.0950. The first kappa shape index (κ1) is 23.0. The van der Waals surface area contributed by atoms with Gasteiger partial charge in [0.25, 0.3) is 5.91 Å². The number of nitrogens with zero attached hydrogens (tertiary/aromatic N) is 3. The molecule has 1 amide bonds. The molecular weight excluding hydrogens is 416 g/mol. The van der Waals surface area contributed by atoms with Gasteiger partial charge in [0.2, 0.25) is 0 Å². The summed E-state index contributed by atoms with van der Waals surface area (Å²) < 4.78 is 11.0. The number of ether oxygens (including phenoxy) is 1. The lowest BCUT2D eigenvalue weighted by Crippen LogP contribution is -2.43. The molecule has 2 aromatic carbocycles. The smallest absolute Gasteiger partial charge is 0.251 e. The Kier molecular flexibility index (Phi) is 7.42. The van der Waals surface area contributed by atoms with Crippen LogP contribution in [0.1, 0.15) is 38.5 Å². The van der Waals surface area contributed by atoms with Gasteiger partial charge in [0.15, 0.2) is 0 Å². The van der Waals surface area contributed by atoms with Gasteiger partial charge < -0.3 is 19.5 Å². The Labute approximate surface area is 195 Å². The number of likely N-dealkylation sites (N-methyl/N-ethyl adjacent to an activating group) is 1. The Hall–Kier alpha value is -3.16. The molecule has 0 atom stereocenters. The summed E-state index contributed by atoms with van der Waals surface area (Å²) in [4.78, 5) is 17.6. The number of piperazine rings is 1. The number of aromatic nitrogens is 1. The zero-order chi connectivity index (χ0) is 23.2. The van der Waals surface area contributed by atoms with Gasteiger partial charge in [-0.15, -0.1) is 0 Å². The van der Waals surface area contributed by atoms with E-state index in [9.17, 15) is 4.79 Å². The molecule has 0 bridgehead atoms. The second kappa shape index (κ2) is 10.6. The highest BCUT2D eigenvalue weighted by molar-refractivity contribution is 5.94. The van der Waals surface area contributed by atoms with Crippen molar-refractivity contribution in [3.63, 3.8) is 0 Å². The molecule has 2 heterocycles. The summed E-state index contributed by atoms with van der Waals surface area (Å²) in [5, 5.41) is 6.97. The molecule has 3 aromatic rings. The summed E-state index contributed by atoms with van der Waals surface area (Å²) in [7, 11) is 2.17. The van der Waals surface area contributed by atoms with Crippen molar-refractivity contribution in [2.45, 2.75) is 33.5 Å². The number of amides is 1. The van der Waals surface area contributed by atoms with Gasteiger partial charge in [-0.2, -0.15) is 0 Å². The molecule has 0 aliphatic carbocycles. The van der Waals surface area contributed by atoms with Crippen LogP contribution in [0, 0.1) is 13.8 Å². The van der Waals surface area contributed by atoms with Crippen molar-refractivity contribution in [2.75, 3.05) is 33.2 Å². The number of carbonyl (C=O) groups excluding carboxylic acids is 1. The van der Waals surface area contributed by atoms with E-state index < -0.39 is 0 Å². The summed E-state index contributed by atoms with van der Waals surface area (Å²) in [5.74, 6) is 1.26. The predicted molar refractivity (Wildman–Crippen MR) is 127 cm³/mol. The Morgan fingerprint density at radius 1 is 1.06 bits per heavy atom. The SMILES string of the molecule is Cc1noc(C)c1COc1cccc(C(=O)NCc2cccc(CN3CCN(C)CC3)c2)c1. The third-order valence-corrected chi connectivity index (χ3v) is 6.11. The minimum atomic E-state index is -0.123. The summed E-state index contributed by atoms with van der Waals surface area (Å²) >= 11 is 0. The van der Waals surface area contributed by atoms with Crippen LogP contribution in [0.3, 0.4) is 0 Å². The van der Waals surface area contributed by atoms with Gasteiger partial charge in [-0.3, -0.25) is 9.69 Å². The Morgan fingerprint density at radius 3 is 2.58 bits per heavy atom. The molecule has 1 saturated heterocycles. The van der Waals surface area contributed by atoms with E-state index in [1.165, 1.54) is 5.56 Å². The van der Waals surface area contributed by atoms with Gasteiger partial charge in [-0.05, 0) is 50.2 Å². The van der Waals surface area contributed by atoms with Crippen LogP contribution < -0.4 is 10.1 Å². The molecule has 1 fully saturated rings. The Balaban J connectivity index is 1.31. The standard InChI is InChI=1S/C26H32N4O3/c1-19-25(20(2)33-28-19)18-32-24-9-5-8-23(15-24)26(31)27-16-21-6-4-7-22(14-21)17-30-12-10-29(3)11-13-30/h4-9,14-15H,10-13,16-18H2,1-3H3,(H,27,31). The summed E-state index contributed by atoms with van der Waals surface area (Å²) in [6, 6.07) is 15.7. The zero-order valence-electron chi connectivity index (χ0n) is 19.6. The van der Waals surface area contributed by atoms with E-state index in [0.717, 1.165) is 55.3 Å². The molecule has 1 aliphatic heterocycles. The van der Waals surface area contributed by atoms with Gasteiger partial charge in [-0.25, -0.2) is 0 Å². The van der Waals surface area contributed by atoms with Crippen LogP contribution in [0.5, 0.6) is 5.75 Å².